The van der Waals surface area contributed by atoms with Crippen LogP contribution < -0.4 is 10.5 Å². The fraction of sp³-hybridized carbons (Fsp3) is 0.500. The Kier molecular flexibility index (Phi) is 2.89. The van der Waals surface area contributed by atoms with Gasteiger partial charge >= 0.3 is 0 Å². The molecule has 1 aromatic heterocycles. The summed E-state index contributed by atoms with van der Waals surface area (Å²) in [6, 6.07) is 1.79. The molecule has 76 valence electrons. The summed E-state index contributed by atoms with van der Waals surface area (Å²) in [6.45, 7) is 0.754. The third kappa shape index (κ3) is 1.99. The lowest BCUT2D eigenvalue weighted by molar-refractivity contribution is 0.0690. The quantitative estimate of drug-likeness (QED) is 0.832. The first-order valence-corrected chi connectivity index (χ1v) is 5.13. The normalized spacial score (nSPS) is 25.6. The molecule has 2 N–H and O–H groups in total. The minimum absolute atomic E-state index is 0.281. The van der Waals surface area contributed by atoms with Crippen LogP contribution >= 0.6 is 11.6 Å². The van der Waals surface area contributed by atoms with Gasteiger partial charge in [-0.2, -0.15) is 0 Å². The average molecular weight is 213 g/mol. The van der Waals surface area contributed by atoms with Crippen molar-refractivity contribution in [1.29, 1.82) is 0 Å². The summed E-state index contributed by atoms with van der Waals surface area (Å²) in [7, 11) is 0. The Hall–Kier alpha value is -0.800. The third-order valence-corrected chi connectivity index (χ3v) is 2.84. The molecule has 4 heteroatoms. The number of rotatable bonds is 3. The topological polar surface area (TPSA) is 48.1 Å². The highest BCUT2D eigenvalue weighted by molar-refractivity contribution is 6.31. The molecule has 0 spiro atoms. The maximum absolute atomic E-state index is 5.91. The van der Waals surface area contributed by atoms with E-state index in [-0.39, 0.29) is 6.10 Å². The Morgan fingerprint density at radius 1 is 1.57 bits per heavy atom. The fourth-order valence-corrected chi connectivity index (χ4v) is 1.76. The van der Waals surface area contributed by atoms with Gasteiger partial charge in [0.15, 0.2) is 0 Å². The van der Waals surface area contributed by atoms with Crippen LogP contribution in [0, 0.1) is 5.92 Å². The second kappa shape index (κ2) is 4.15. The van der Waals surface area contributed by atoms with Crippen LogP contribution in [0.1, 0.15) is 12.8 Å². The van der Waals surface area contributed by atoms with Crippen molar-refractivity contribution in [2.75, 3.05) is 6.54 Å². The van der Waals surface area contributed by atoms with Gasteiger partial charge in [0.2, 0.25) is 0 Å². The lowest BCUT2D eigenvalue weighted by Gasteiger charge is -2.34. The van der Waals surface area contributed by atoms with Crippen molar-refractivity contribution in [2.45, 2.75) is 18.9 Å². The van der Waals surface area contributed by atoms with E-state index in [0.717, 1.165) is 25.1 Å². The standard InChI is InChI=1S/C10H13ClN2O/c11-9-6-13-2-1-10(9)14-8-3-7(4-8)5-12/h1-2,6-8H,3-5,12H2. The molecule has 3 nitrogen and oxygen atoms in total. The van der Waals surface area contributed by atoms with E-state index < -0.39 is 0 Å². The molecular formula is C10H13ClN2O. The van der Waals surface area contributed by atoms with Crippen LogP contribution in [0.25, 0.3) is 0 Å². The van der Waals surface area contributed by atoms with Crippen LogP contribution in [-0.2, 0) is 0 Å². The molecule has 1 heterocycles. The smallest absolute Gasteiger partial charge is 0.141 e. The van der Waals surface area contributed by atoms with E-state index in [4.69, 9.17) is 22.1 Å². The van der Waals surface area contributed by atoms with Gasteiger partial charge in [-0.3, -0.25) is 4.98 Å². The van der Waals surface area contributed by atoms with Gasteiger partial charge < -0.3 is 10.5 Å². The number of nitrogens with two attached hydrogens (primary N) is 1. The van der Waals surface area contributed by atoms with E-state index in [0.29, 0.717) is 10.9 Å². The molecule has 0 amide bonds. The Balaban J connectivity index is 1.90. The Morgan fingerprint density at radius 2 is 2.36 bits per heavy atom. The molecule has 0 unspecified atom stereocenters. The van der Waals surface area contributed by atoms with Crippen molar-refractivity contribution in [3.8, 4) is 5.75 Å². The van der Waals surface area contributed by atoms with E-state index in [1.807, 2.05) is 0 Å². The van der Waals surface area contributed by atoms with Gasteiger partial charge in [-0.05, 0) is 25.3 Å². The molecule has 2 rings (SSSR count). The maximum Gasteiger partial charge on any atom is 0.141 e. The number of pyridine rings is 1. The maximum atomic E-state index is 5.91. The zero-order valence-electron chi connectivity index (χ0n) is 7.82. The van der Waals surface area contributed by atoms with E-state index in [1.54, 1.807) is 18.5 Å². The van der Waals surface area contributed by atoms with Crippen LogP contribution in [0.5, 0.6) is 5.75 Å². The lowest BCUT2D eigenvalue weighted by Crippen LogP contribution is -2.37. The fourth-order valence-electron chi connectivity index (χ4n) is 1.60. The van der Waals surface area contributed by atoms with E-state index in [2.05, 4.69) is 4.98 Å². The van der Waals surface area contributed by atoms with Gasteiger partial charge in [-0.1, -0.05) is 11.6 Å². The van der Waals surface area contributed by atoms with Gasteiger partial charge in [0.25, 0.3) is 0 Å². The van der Waals surface area contributed by atoms with Crippen molar-refractivity contribution in [2.24, 2.45) is 11.7 Å². The first-order valence-electron chi connectivity index (χ1n) is 4.76. The van der Waals surface area contributed by atoms with Crippen LogP contribution in [0.15, 0.2) is 18.5 Å². The first kappa shape index (κ1) is 9.74. The van der Waals surface area contributed by atoms with Crippen molar-refractivity contribution >= 4 is 11.6 Å². The average Bonchev–Trinajstić information content (AvgIpc) is 2.13. The van der Waals surface area contributed by atoms with E-state index in [9.17, 15) is 0 Å². The highest BCUT2D eigenvalue weighted by atomic mass is 35.5. The third-order valence-electron chi connectivity index (χ3n) is 2.55. The van der Waals surface area contributed by atoms with Crippen molar-refractivity contribution < 1.29 is 4.74 Å². The predicted molar refractivity (Wildman–Crippen MR) is 55.4 cm³/mol. The molecule has 0 aromatic carbocycles. The summed E-state index contributed by atoms with van der Waals surface area (Å²) in [5.74, 6) is 1.35. The SMILES string of the molecule is NCC1CC(Oc2ccncc2Cl)C1. The zero-order valence-corrected chi connectivity index (χ0v) is 8.57. The van der Waals surface area contributed by atoms with E-state index >= 15 is 0 Å². The molecule has 0 saturated heterocycles. The number of hydrogen-bond acceptors (Lipinski definition) is 3. The molecule has 0 aliphatic heterocycles. The molecule has 1 aliphatic carbocycles. The molecule has 1 aromatic rings. The molecule has 0 radical (unpaired) electrons. The van der Waals surface area contributed by atoms with Crippen LogP contribution in [0.2, 0.25) is 5.02 Å². The van der Waals surface area contributed by atoms with E-state index in [1.165, 1.54) is 0 Å². The molecule has 0 bridgehead atoms. The minimum Gasteiger partial charge on any atom is -0.489 e. The largest absolute Gasteiger partial charge is 0.489 e. The van der Waals surface area contributed by atoms with Crippen molar-refractivity contribution in [1.82, 2.24) is 4.98 Å². The van der Waals surface area contributed by atoms with Gasteiger partial charge in [0.05, 0.1) is 6.10 Å². The summed E-state index contributed by atoms with van der Waals surface area (Å²) >= 11 is 5.91. The summed E-state index contributed by atoms with van der Waals surface area (Å²) in [5, 5.41) is 0.573. The van der Waals surface area contributed by atoms with Gasteiger partial charge in [0.1, 0.15) is 10.8 Å². The predicted octanol–water partition coefficient (Wildman–Crippen LogP) is 1.85. The Labute approximate surface area is 88.2 Å². The number of hydrogen-bond donors (Lipinski definition) is 1. The minimum atomic E-state index is 0.281. The van der Waals surface area contributed by atoms with Gasteiger partial charge in [0, 0.05) is 18.5 Å². The molecule has 1 fully saturated rings. The van der Waals surface area contributed by atoms with Crippen molar-refractivity contribution in [3.63, 3.8) is 0 Å². The highest BCUT2D eigenvalue weighted by Gasteiger charge is 2.29. The number of ether oxygens (including phenoxy) is 1. The van der Waals surface area contributed by atoms with Crippen molar-refractivity contribution in [3.05, 3.63) is 23.5 Å². The van der Waals surface area contributed by atoms with Crippen LogP contribution in [0.4, 0.5) is 0 Å². The Morgan fingerprint density at radius 3 is 3.00 bits per heavy atom. The first-order chi connectivity index (χ1) is 6.79. The molecule has 14 heavy (non-hydrogen) atoms. The monoisotopic (exact) mass is 212 g/mol. The molecule has 1 aliphatic rings. The number of aromatic nitrogens is 1. The Bertz CT molecular complexity index is 313. The van der Waals surface area contributed by atoms with Crippen LogP contribution in [0.3, 0.4) is 0 Å². The summed E-state index contributed by atoms with van der Waals surface area (Å²) in [4.78, 5) is 3.90. The molecule has 0 atom stereocenters. The number of halogens is 1. The highest BCUT2D eigenvalue weighted by Crippen LogP contribution is 2.32. The summed E-state index contributed by atoms with van der Waals surface area (Å²) in [5.41, 5.74) is 5.53. The second-order valence-corrected chi connectivity index (χ2v) is 4.03. The summed E-state index contributed by atoms with van der Waals surface area (Å²) in [6.07, 6.45) is 5.63. The summed E-state index contributed by atoms with van der Waals surface area (Å²) < 4.78 is 5.69. The second-order valence-electron chi connectivity index (χ2n) is 3.62. The van der Waals surface area contributed by atoms with Gasteiger partial charge in [-0.25, -0.2) is 0 Å². The molecule has 1 saturated carbocycles. The van der Waals surface area contributed by atoms with Crippen LogP contribution in [-0.4, -0.2) is 17.6 Å². The lowest BCUT2D eigenvalue weighted by atomic mass is 9.82. The molecular weight excluding hydrogens is 200 g/mol. The number of nitrogens with zero attached hydrogens (tertiary/aromatic N) is 1. The van der Waals surface area contributed by atoms with Gasteiger partial charge in [-0.15, -0.1) is 0 Å². The zero-order chi connectivity index (χ0) is 9.97.